The molecule has 2 N–H and O–H groups in total. The van der Waals surface area contributed by atoms with Gasteiger partial charge < -0.3 is 5.32 Å². The number of nitrogens with one attached hydrogen (secondary N) is 2. The lowest BCUT2D eigenvalue weighted by atomic mass is 9.97. The summed E-state index contributed by atoms with van der Waals surface area (Å²) in [7, 11) is 0. The molecule has 25 heavy (non-hydrogen) atoms. The van der Waals surface area contributed by atoms with E-state index in [0.29, 0.717) is 11.0 Å². The Hall–Kier alpha value is -1.64. The van der Waals surface area contributed by atoms with Crippen LogP contribution in [0.25, 0.3) is 0 Å². The Kier molecular flexibility index (Phi) is 5.31. The number of thiazole rings is 1. The van der Waals surface area contributed by atoms with Gasteiger partial charge in [0.25, 0.3) is 5.91 Å². The van der Waals surface area contributed by atoms with Crippen molar-refractivity contribution >= 4 is 34.0 Å². The van der Waals surface area contributed by atoms with Crippen LogP contribution in [-0.4, -0.2) is 24.0 Å². The fraction of sp³-hybridized carbons (Fsp3) is 0.375. The number of benzene rings is 1. The molecule has 0 spiro atoms. The van der Waals surface area contributed by atoms with Crippen LogP contribution in [0.2, 0.25) is 5.02 Å². The second-order valence-corrected chi connectivity index (χ2v) is 7.21. The van der Waals surface area contributed by atoms with Gasteiger partial charge in [-0.05, 0) is 50.0 Å². The number of piperidine rings is 1. The first kappa shape index (κ1) is 18.2. The maximum atomic E-state index is 12.8. The molecule has 1 amide bonds. The Balaban J connectivity index is 1.75. The van der Waals surface area contributed by atoms with Crippen LogP contribution in [0.1, 0.15) is 39.6 Å². The van der Waals surface area contributed by atoms with E-state index >= 15 is 0 Å². The molecular weight excluding hydrogens is 375 g/mol. The maximum Gasteiger partial charge on any atom is 0.416 e. The van der Waals surface area contributed by atoms with Crippen LogP contribution >= 0.6 is 22.9 Å². The normalized spacial score (nSPS) is 16.0. The van der Waals surface area contributed by atoms with E-state index in [1.54, 1.807) is 6.20 Å². The van der Waals surface area contributed by atoms with E-state index < -0.39 is 17.6 Å². The highest BCUT2D eigenvalue weighted by Gasteiger charge is 2.31. The molecule has 1 aliphatic rings. The van der Waals surface area contributed by atoms with E-state index in [-0.39, 0.29) is 10.6 Å². The minimum Gasteiger partial charge on any atom is -0.317 e. The quantitative estimate of drug-likeness (QED) is 0.810. The second kappa shape index (κ2) is 7.31. The van der Waals surface area contributed by atoms with Crippen molar-refractivity contribution in [2.75, 3.05) is 18.4 Å². The van der Waals surface area contributed by atoms with Crippen LogP contribution in [-0.2, 0) is 6.18 Å². The van der Waals surface area contributed by atoms with E-state index in [9.17, 15) is 18.0 Å². The minimum absolute atomic E-state index is 0.0411. The summed E-state index contributed by atoms with van der Waals surface area (Å²) in [4.78, 5) is 17.5. The lowest BCUT2D eigenvalue weighted by Gasteiger charge is -2.20. The Morgan fingerprint density at radius 1 is 1.32 bits per heavy atom. The largest absolute Gasteiger partial charge is 0.416 e. The summed E-state index contributed by atoms with van der Waals surface area (Å²) < 4.78 is 38.4. The zero-order chi connectivity index (χ0) is 18.0. The molecule has 1 aliphatic heterocycles. The van der Waals surface area contributed by atoms with E-state index in [0.717, 1.165) is 49.0 Å². The third kappa shape index (κ3) is 4.31. The van der Waals surface area contributed by atoms with Crippen molar-refractivity contribution in [3.05, 3.63) is 45.4 Å². The van der Waals surface area contributed by atoms with E-state index in [2.05, 4.69) is 15.6 Å². The molecule has 0 radical (unpaired) electrons. The lowest BCUT2D eigenvalue weighted by molar-refractivity contribution is -0.137. The van der Waals surface area contributed by atoms with Crippen molar-refractivity contribution < 1.29 is 18.0 Å². The number of rotatable bonds is 3. The van der Waals surface area contributed by atoms with Gasteiger partial charge in [-0.2, -0.15) is 13.2 Å². The van der Waals surface area contributed by atoms with Crippen molar-refractivity contribution in [3.8, 4) is 0 Å². The summed E-state index contributed by atoms with van der Waals surface area (Å²) in [6.45, 7) is 1.87. The van der Waals surface area contributed by atoms with Crippen molar-refractivity contribution in [1.82, 2.24) is 10.3 Å². The van der Waals surface area contributed by atoms with Crippen molar-refractivity contribution in [2.24, 2.45) is 0 Å². The van der Waals surface area contributed by atoms with E-state index in [4.69, 9.17) is 11.6 Å². The smallest absolute Gasteiger partial charge is 0.317 e. The zero-order valence-corrected chi connectivity index (χ0v) is 14.6. The molecule has 9 heteroatoms. The van der Waals surface area contributed by atoms with Crippen molar-refractivity contribution in [2.45, 2.75) is 24.9 Å². The number of carbonyl (C=O) groups is 1. The molecule has 134 valence electrons. The number of aromatic nitrogens is 1. The summed E-state index contributed by atoms with van der Waals surface area (Å²) in [6, 6.07) is 2.66. The molecule has 4 nitrogen and oxygen atoms in total. The first-order chi connectivity index (χ1) is 11.8. The van der Waals surface area contributed by atoms with Gasteiger partial charge in [-0.15, -0.1) is 11.3 Å². The van der Waals surface area contributed by atoms with Gasteiger partial charge in [0, 0.05) is 11.1 Å². The fourth-order valence-corrected chi connectivity index (χ4v) is 3.86. The van der Waals surface area contributed by atoms with Gasteiger partial charge in [-0.25, -0.2) is 4.98 Å². The summed E-state index contributed by atoms with van der Waals surface area (Å²) in [5.74, 6) is -0.316. The van der Waals surface area contributed by atoms with Gasteiger partial charge in [0.1, 0.15) is 0 Å². The molecule has 0 aliphatic carbocycles. The molecule has 0 atom stereocenters. The van der Waals surface area contributed by atoms with Gasteiger partial charge in [-0.3, -0.25) is 10.1 Å². The lowest BCUT2D eigenvalue weighted by Crippen LogP contribution is -2.26. The molecule has 2 heterocycles. The van der Waals surface area contributed by atoms with Gasteiger partial charge in [-0.1, -0.05) is 11.6 Å². The van der Waals surface area contributed by atoms with Crippen molar-refractivity contribution in [3.63, 3.8) is 0 Å². The number of amides is 1. The first-order valence-electron chi connectivity index (χ1n) is 7.69. The van der Waals surface area contributed by atoms with Gasteiger partial charge in [0.2, 0.25) is 0 Å². The number of alkyl halides is 3. The number of hydrogen-bond acceptors (Lipinski definition) is 4. The number of nitrogens with zero attached hydrogens (tertiary/aromatic N) is 1. The Bertz CT molecular complexity index is 772. The third-order valence-electron chi connectivity index (χ3n) is 4.02. The van der Waals surface area contributed by atoms with Gasteiger partial charge >= 0.3 is 6.18 Å². The third-order valence-corrected chi connectivity index (χ3v) is 5.43. The molecular formula is C16H15ClF3N3OS. The fourth-order valence-electron chi connectivity index (χ4n) is 2.68. The maximum absolute atomic E-state index is 12.8. The number of anilines is 1. The molecule has 0 saturated carbocycles. The molecule has 0 bridgehead atoms. The summed E-state index contributed by atoms with van der Waals surface area (Å²) in [5.41, 5.74) is -1.15. The van der Waals surface area contributed by atoms with Crippen LogP contribution in [0, 0.1) is 0 Å². The summed E-state index contributed by atoms with van der Waals surface area (Å²) >= 11 is 7.22. The highest BCUT2D eigenvalue weighted by atomic mass is 35.5. The predicted molar refractivity (Wildman–Crippen MR) is 91.4 cm³/mol. The number of hydrogen-bond donors (Lipinski definition) is 2. The van der Waals surface area contributed by atoms with E-state index in [1.165, 1.54) is 11.3 Å². The van der Waals surface area contributed by atoms with E-state index in [1.807, 2.05) is 0 Å². The molecule has 0 unspecified atom stereocenters. The first-order valence-corrected chi connectivity index (χ1v) is 8.88. The minimum atomic E-state index is -4.54. The predicted octanol–water partition coefficient (Wildman–Crippen LogP) is 4.53. The second-order valence-electron chi connectivity index (χ2n) is 5.74. The Morgan fingerprint density at radius 3 is 2.72 bits per heavy atom. The number of carbonyl (C=O) groups excluding carboxylic acids is 1. The average molecular weight is 390 g/mol. The Morgan fingerprint density at radius 2 is 2.04 bits per heavy atom. The average Bonchev–Trinajstić information content (AvgIpc) is 3.03. The molecule has 1 aromatic carbocycles. The standard InChI is InChI=1S/C16H15ClF3N3OS/c17-12-2-1-10(16(18,19)20)7-11(12)14(24)23-15-22-8-13(25-15)9-3-5-21-6-4-9/h1-2,7-9,21H,3-6H2,(H,22,23,24). The molecule has 1 aromatic heterocycles. The topological polar surface area (TPSA) is 54.0 Å². The molecule has 1 fully saturated rings. The van der Waals surface area contributed by atoms with Gasteiger partial charge in [0.05, 0.1) is 16.1 Å². The highest BCUT2D eigenvalue weighted by Crippen LogP contribution is 2.34. The number of halogens is 4. The SMILES string of the molecule is O=C(Nc1ncc(C2CCNCC2)s1)c1cc(C(F)(F)F)ccc1Cl. The zero-order valence-electron chi connectivity index (χ0n) is 13.0. The van der Waals surface area contributed by atoms with Crippen LogP contribution < -0.4 is 10.6 Å². The van der Waals surface area contributed by atoms with Crippen LogP contribution in [0.15, 0.2) is 24.4 Å². The van der Waals surface area contributed by atoms with Crippen molar-refractivity contribution in [1.29, 1.82) is 0 Å². The Labute approximate surface area is 151 Å². The van der Waals surface area contributed by atoms with Crippen LogP contribution in [0.5, 0.6) is 0 Å². The molecule has 3 rings (SSSR count). The van der Waals surface area contributed by atoms with Gasteiger partial charge in [0.15, 0.2) is 5.13 Å². The molecule has 1 saturated heterocycles. The summed E-state index contributed by atoms with van der Waals surface area (Å²) in [6.07, 6.45) is -0.836. The molecule has 2 aromatic rings. The monoisotopic (exact) mass is 389 g/mol. The van der Waals surface area contributed by atoms with Crippen LogP contribution in [0.4, 0.5) is 18.3 Å². The highest BCUT2D eigenvalue weighted by molar-refractivity contribution is 7.15. The van der Waals surface area contributed by atoms with Crippen LogP contribution in [0.3, 0.4) is 0 Å². The summed E-state index contributed by atoms with van der Waals surface area (Å²) in [5, 5.41) is 6.13.